The molecule has 0 saturated carbocycles. The molecule has 1 saturated heterocycles. The monoisotopic (exact) mass is 408 g/mol. The van der Waals surface area contributed by atoms with Gasteiger partial charge in [-0.2, -0.15) is 4.68 Å². The molecule has 0 radical (unpaired) electrons. The third kappa shape index (κ3) is 3.78. The Morgan fingerprint density at radius 1 is 1.23 bits per heavy atom. The van der Waals surface area contributed by atoms with Gasteiger partial charge in [0.25, 0.3) is 0 Å². The zero-order valence-electron chi connectivity index (χ0n) is 16.7. The van der Waals surface area contributed by atoms with Crippen molar-refractivity contribution >= 4 is 23.2 Å². The molecule has 2 aromatic carbocycles. The van der Waals surface area contributed by atoms with Gasteiger partial charge < -0.3 is 10.2 Å². The van der Waals surface area contributed by atoms with E-state index in [1.54, 1.807) is 11.8 Å². The van der Waals surface area contributed by atoms with Gasteiger partial charge in [-0.25, -0.2) is 4.39 Å². The fourth-order valence-corrected chi connectivity index (χ4v) is 3.50. The summed E-state index contributed by atoms with van der Waals surface area (Å²) in [6, 6.07) is 11.9. The number of rotatable bonds is 5. The number of halogens is 1. The summed E-state index contributed by atoms with van der Waals surface area (Å²) < 4.78 is 15.5. The van der Waals surface area contributed by atoms with Gasteiger partial charge in [0.1, 0.15) is 11.5 Å². The molecule has 0 spiro atoms. The van der Waals surface area contributed by atoms with Crippen molar-refractivity contribution in [3.05, 3.63) is 59.7 Å². The summed E-state index contributed by atoms with van der Waals surface area (Å²) in [5, 5.41) is 13.8. The van der Waals surface area contributed by atoms with Gasteiger partial charge in [-0.05, 0) is 59.7 Å². The molecule has 30 heavy (non-hydrogen) atoms. The highest BCUT2D eigenvalue weighted by molar-refractivity contribution is 6.03. The molecule has 154 valence electrons. The molecule has 1 unspecified atom stereocenters. The quantitative estimate of drug-likeness (QED) is 0.701. The standard InChI is InChI=1S/C21H21FN6O2/c1-3-14-4-7-17(8-5-14)27-12-15(10-20(27)29)21(30)23-16-6-9-18(22)19(11-16)28-13(2)24-25-26-28/h4-9,11,15H,3,10,12H2,1-2H3,(H,23,30). The summed E-state index contributed by atoms with van der Waals surface area (Å²) in [6.45, 7) is 4.02. The van der Waals surface area contributed by atoms with Crippen LogP contribution in [0.3, 0.4) is 0 Å². The Morgan fingerprint density at radius 3 is 2.67 bits per heavy atom. The molecule has 1 atom stereocenters. The highest BCUT2D eigenvalue weighted by Crippen LogP contribution is 2.27. The van der Waals surface area contributed by atoms with Crippen LogP contribution in [0.1, 0.15) is 24.7 Å². The number of hydrogen-bond donors (Lipinski definition) is 1. The van der Waals surface area contributed by atoms with Gasteiger partial charge in [0.2, 0.25) is 11.8 Å². The van der Waals surface area contributed by atoms with Gasteiger partial charge in [0.05, 0.1) is 5.92 Å². The van der Waals surface area contributed by atoms with Crippen molar-refractivity contribution in [1.82, 2.24) is 20.2 Å². The first-order valence-corrected chi connectivity index (χ1v) is 9.71. The van der Waals surface area contributed by atoms with Gasteiger partial charge in [0, 0.05) is 24.3 Å². The maximum Gasteiger partial charge on any atom is 0.229 e. The average molecular weight is 408 g/mol. The molecule has 2 heterocycles. The van der Waals surface area contributed by atoms with E-state index >= 15 is 0 Å². The fraction of sp³-hybridized carbons (Fsp3) is 0.286. The number of aryl methyl sites for hydroxylation is 2. The zero-order valence-corrected chi connectivity index (χ0v) is 16.7. The van der Waals surface area contributed by atoms with Crippen LogP contribution >= 0.6 is 0 Å². The average Bonchev–Trinajstić information content (AvgIpc) is 3.35. The number of carbonyl (C=O) groups excluding carboxylic acids is 2. The first-order valence-electron chi connectivity index (χ1n) is 9.71. The molecule has 9 heteroatoms. The number of amides is 2. The van der Waals surface area contributed by atoms with E-state index in [9.17, 15) is 14.0 Å². The maximum atomic E-state index is 14.2. The van der Waals surface area contributed by atoms with Gasteiger partial charge in [-0.3, -0.25) is 9.59 Å². The number of aromatic nitrogens is 4. The molecule has 0 aliphatic carbocycles. The van der Waals surface area contributed by atoms with E-state index in [-0.39, 0.29) is 23.9 Å². The molecule has 1 aromatic heterocycles. The summed E-state index contributed by atoms with van der Waals surface area (Å²) in [5.74, 6) is -0.971. The highest BCUT2D eigenvalue weighted by atomic mass is 19.1. The Morgan fingerprint density at radius 2 is 2.00 bits per heavy atom. The second kappa shape index (κ2) is 8.02. The van der Waals surface area contributed by atoms with Crippen LogP contribution in [0.4, 0.5) is 15.8 Å². The first kappa shape index (κ1) is 19.7. The predicted molar refractivity (Wildman–Crippen MR) is 109 cm³/mol. The third-order valence-corrected chi connectivity index (χ3v) is 5.22. The van der Waals surface area contributed by atoms with E-state index in [0.717, 1.165) is 12.1 Å². The largest absolute Gasteiger partial charge is 0.326 e. The van der Waals surface area contributed by atoms with Crippen LogP contribution in [0.2, 0.25) is 0 Å². The number of tetrazole rings is 1. The summed E-state index contributed by atoms with van der Waals surface area (Å²) in [7, 11) is 0. The number of nitrogens with one attached hydrogen (secondary N) is 1. The highest BCUT2D eigenvalue weighted by Gasteiger charge is 2.35. The van der Waals surface area contributed by atoms with E-state index in [0.29, 0.717) is 18.1 Å². The van der Waals surface area contributed by atoms with Gasteiger partial charge in [0.15, 0.2) is 5.82 Å². The van der Waals surface area contributed by atoms with Crippen molar-refractivity contribution in [2.45, 2.75) is 26.7 Å². The van der Waals surface area contributed by atoms with Crippen molar-refractivity contribution in [1.29, 1.82) is 0 Å². The Kier molecular flexibility index (Phi) is 5.26. The summed E-state index contributed by atoms with van der Waals surface area (Å²) in [5.41, 5.74) is 2.51. The molecule has 2 amide bonds. The Balaban J connectivity index is 1.48. The summed E-state index contributed by atoms with van der Waals surface area (Å²) in [4.78, 5) is 26.8. The van der Waals surface area contributed by atoms with Crippen molar-refractivity contribution < 1.29 is 14.0 Å². The van der Waals surface area contributed by atoms with Crippen LogP contribution in [0.5, 0.6) is 0 Å². The molecule has 0 bridgehead atoms. The fourth-order valence-electron chi connectivity index (χ4n) is 3.50. The maximum absolute atomic E-state index is 14.2. The van der Waals surface area contributed by atoms with Crippen molar-refractivity contribution in [3.8, 4) is 5.69 Å². The molecule has 3 aromatic rings. The second-order valence-corrected chi connectivity index (χ2v) is 7.22. The van der Waals surface area contributed by atoms with Crippen LogP contribution in [0, 0.1) is 18.7 Å². The van der Waals surface area contributed by atoms with E-state index in [2.05, 4.69) is 27.8 Å². The van der Waals surface area contributed by atoms with Crippen molar-refractivity contribution in [3.63, 3.8) is 0 Å². The van der Waals surface area contributed by atoms with Crippen LogP contribution in [-0.2, 0) is 16.0 Å². The minimum atomic E-state index is -0.513. The van der Waals surface area contributed by atoms with Crippen LogP contribution in [0.15, 0.2) is 42.5 Å². The Bertz CT molecular complexity index is 1100. The van der Waals surface area contributed by atoms with Gasteiger partial charge >= 0.3 is 0 Å². The van der Waals surface area contributed by atoms with E-state index in [4.69, 9.17) is 0 Å². The van der Waals surface area contributed by atoms with E-state index < -0.39 is 11.7 Å². The zero-order chi connectivity index (χ0) is 21.3. The normalized spacial score (nSPS) is 16.2. The SMILES string of the molecule is CCc1ccc(N2CC(C(=O)Nc3ccc(F)c(-n4nnnc4C)c3)CC2=O)cc1. The lowest BCUT2D eigenvalue weighted by molar-refractivity contribution is -0.122. The third-order valence-electron chi connectivity index (χ3n) is 5.22. The molecular formula is C21H21FN6O2. The Hall–Kier alpha value is -3.62. The molecule has 1 N–H and O–H groups in total. The summed E-state index contributed by atoms with van der Waals surface area (Å²) in [6.07, 6.45) is 1.05. The van der Waals surface area contributed by atoms with Crippen molar-refractivity contribution in [2.75, 3.05) is 16.8 Å². The van der Waals surface area contributed by atoms with E-state index in [1.165, 1.54) is 28.4 Å². The molecule has 4 rings (SSSR count). The number of nitrogens with zero attached hydrogens (tertiary/aromatic N) is 5. The number of anilines is 2. The first-order chi connectivity index (χ1) is 14.5. The lowest BCUT2D eigenvalue weighted by atomic mass is 10.1. The second-order valence-electron chi connectivity index (χ2n) is 7.22. The lowest BCUT2D eigenvalue weighted by Crippen LogP contribution is -2.28. The minimum absolute atomic E-state index is 0.0940. The number of benzene rings is 2. The van der Waals surface area contributed by atoms with Crippen LogP contribution in [0.25, 0.3) is 5.69 Å². The topological polar surface area (TPSA) is 93.0 Å². The van der Waals surface area contributed by atoms with Crippen LogP contribution < -0.4 is 10.2 Å². The molecule has 8 nitrogen and oxygen atoms in total. The molecule has 1 aliphatic heterocycles. The van der Waals surface area contributed by atoms with Crippen molar-refractivity contribution in [2.24, 2.45) is 5.92 Å². The molecule has 1 fully saturated rings. The van der Waals surface area contributed by atoms with Crippen LogP contribution in [-0.4, -0.2) is 38.6 Å². The molecular weight excluding hydrogens is 387 g/mol. The number of carbonyl (C=O) groups is 2. The molecule has 1 aliphatic rings. The number of hydrogen-bond acceptors (Lipinski definition) is 5. The minimum Gasteiger partial charge on any atom is -0.326 e. The smallest absolute Gasteiger partial charge is 0.229 e. The predicted octanol–water partition coefficient (Wildman–Crippen LogP) is 2.66. The lowest BCUT2D eigenvalue weighted by Gasteiger charge is -2.17. The van der Waals surface area contributed by atoms with Gasteiger partial charge in [-0.1, -0.05) is 19.1 Å². The Labute approximate surface area is 172 Å². The van der Waals surface area contributed by atoms with Gasteiger partial charge in [-0.15, -0.1) is 5.10 Å². The van der Waals surface area contributed by atoms with E-state index in [1.807, 2.05) is 24.3 Å². The summed E-state index contributed by atoms with van der Waals surface area (Å²) >= 11 is 0.